The molecule has 0 radical (unpaired) electrons. The minimum absolute atomic E-state index is 0.0502. The zero-order valence-corrected chi connectivity index (χ0v) is 15.1. The lowest BCUT2D eigenvalue weighted by molar-refractivity contribution is -0.137. The van der Waals surface area contributed by atoms with E-state index < -0.39 is 40.2 Å². The van der Waals surface area contributed by atoms with Crippen molar-refractivity contribution >= 4 is 21.7 Å². The van der Waals surface area contributed by atoms with Gasteiger partial charge in [-0.25, -0.2) is 17.6 Å². The fourth-order valence-electron chi connectivity index (χ4n) is 2.78. The number of ether oxygens (including phenoxy) is 1. The molecule has 1 aromatic carbocycles. The highest BCUT2D eigenvalue weighted by molar-refractivity contribution is 7.91. The molecule has 0 spiro atoms. The Hall–Kier alpha value is -1.96. The molecule has 1 aliphatic heterocycles. The summed E-state index contributed by atoms with van der Waals surface area (Å²) in [6.45, 7) is 3.65. The average Bonchev–Trinajstić information content (AvgIpc) is 2.90. The fourth-order valence-corrected chi connectivity index (χ4v) is 4.51. The zero-order chi connectivity index (χ0) is 18.6. The van der Waals surface area contributed by atoms with Crippen LogP contribution in [0.25, 0.3) is 0 Å². The van der Waals surface area contributed by atoms with Crippen LogP contribution in [-0.2, 0) is 19.4 Å². The van der Waals surface area contributed by atoms with E-state index in [1.165, 1.54) is 23.1 Å². The molecule has 138 valence electrons. The lowest BCUT2D eigenvalue weighted by Crippen LogP contribution is -2.45. The van der Waals surface area contributed by atoms with Gasteiger partial charge in [-0.2, -0.15) is 0 Å². The molecule has 1 fully saturated rings. The second-order valence-electron chi connectivity index (χ2n) is 6.55. The number of hydrogen-bond acceptors (Lipinski definition) is 5. The molecule has 0 bridgehead atoms. The predicted octanol–water partition coefficient (Wildman–Crippen LogP) is 1.65. The maximum atomic E-state index is 13.6. The van der Waals surface area contributed by atoms with E-state index in [0.717, 1.165) is 6.07 Å². The SMILES string of the molecule is CC(C)CN(C(=O)COC(=O)c1ccccc1F)C1CCS(=O)(=O)C1. The Kier molecular flexibility index (Phi) is 6.16. The Balaban J connectivity index is 2.02. The van der Waals surface area contributed by atoms with E-state index >= 15 is 0 Å². The van der Waals surface area contributed by atoms with Gasteiger partial charge in [0.2, 0.25) is 0 Å². The van der Waals surface area contributed by atoms with Crippen LogP contribution in [-0.4, -0.2) is 55.9 Å². The van der Waals surface area contributed by atoms with E-state index in [4.69, 9.17) is 4.74 Å². The molecule has 1 aromatic rings. The van der Waals surface area contributed by atoms with Crippen LogP contribution in [0.2, 0.25) is 0 Å². The summed E-state index contributed by atoms with van der Waals surface area (Å²) in [7, 11) is -3.14. The highest BCUT2D eigenvalue weighted by Crippen LogP contribution is 2.19. The summed E-state index contributed by atoms with van der Waals surface area (Å²) in [6.07, 6.45) is 0.377. The summed E-state index contributed by atoms with van der Waals surface area (Å²) in [5.41, 5.74) is -0.242. The first-order valence-corrected chi connectivity index (χ1v) is 9.93. The van der Waals surface area contributed by atoms with Crippen molar-refractivity contribution in [2.75, 3.05) is 24.7 Å². The van der Waals surface area contributed by atoms with Crippen molar-refractivity contribution in [3.8, 4) is 0 Å². The zero-order valence-electron chi connectivity index (χ0n) is 14.3. The van der Waals surface area contributed by atoms with Crippen LogP contribution in [0.15, 0.2) is 24.3 Å². The number of carbonyl (C=O) groups is 2. The summed E-state index contributed by atoms with van der Waals surface area (Å²) in [4.78, 5) is 25.8. The Morgan fingerprint density at radius 2 is 2.00 bits per heavy atom. The van der Waals surface area contributed by atoms with Gasteiger partial charge in [0.25, 0.3) is 5.91 Å². The van der Waals surface area contributed by atoms with Gasteiger partial charge in [-0.1, -0.05) is 26.0 Å². The molecule has 6 nitrogen and oxygen atoms in total. The third-order valence-corrected chi connectivity index (χ3v) is 5.70. The van der Waals surface area contributed by atoms with Crippen molar-refractivity contribution in [2.45, 2.75) is 26.3 Å². The lowest BCUT2D eigenvalue weighted by atomic mass is 10.1. The molecular weight excluding hydrogens is 349 g/mol. The molecule has 1 saturated heterocycles. The molecule has 1 heterocycles. The molecule has 8 heteroatoms. The van der Waals surface area contributed by atoms with Gasteiger partial charge in [0, 0.05) is 12.6 Å². The third-order valence-electron chi connectivity index (χ3n) is 3.95. The van der Waals surface area contributed by atoms with Crippen molar-refractivity contribution in [3.63, 3.8) is 0 Å². The van der Waals surface area contributed by atoms with Gasteiger partial charge < -0.3 is 9.64 Å². The topological polar surface area (TPSA) is 80.8 Å². The molecular formula is C17H22FNO5S. The summed E-state index contributed by atoms with van der Waals surface area (Å²) in [5.74, 6) is -2.01. The monoisotopic (exact) mass is 371 g/mol. The van der Waals surface area contributed by atoms with E-state index in [9.17, 15) is 22.4 Å². The van der Waals surface area contributed by atoms with E-state index in [2.05, 4.69) is 0 Å². The maximum Gasteiger partial charge on any atom is 0.341 e. The van der Waals surface area contributed by atoms with Crippen LogP contribution in [0.4, 0.5) is 4.39 Å². The molecule has 0 aromatic heterocycles. The first kappa shape index (κ1) is 19.4. The van der Waals surface area contributed by atoms with E-state index in [1.54, 1.807) is 0 Å². The minimum Gasteiger partial charge on any atom is -0.452 e. The number of hydrogen-bond donors (Lipinski definition) is 0. The van der Waals surface area contributed by atoms with Crippen molar-refractivity contribution in [1.29, 1.82) is 0 Å². The van der Waals surface area contributed by atoms with Crippen LogP contribution < -0.4 is 0 Å². The quantitative estimate of drug-likeness (QED) is 0.711. The van der Waals surface area contributed by atoms with E-state index in [0.29, 0.717) is 13.0 Å². The molecule has 25 heavy (non-hydrogen) atoms. The molecule has 0 N–H and O–H groups in total. The smallest absolute Gasteiger partial charge is 0.341 e. The highest BCUT2D eigenvalue weighted by atomic mass is 32.2. The number of nitrogens with zero attached hydrogens (tertiary/aromatic N) is 1. The average molecular weight is 371 g/mol. The molecule has 1 unspecified atom stereocenters. The Bertz CT molecular complexity index is 747. The summed E-state index contributed by atoms with van der Waals surface area (Å²) < 4.78 is 41.8. The second-order valence-corrected chi connectivity index (χ2v) is 8.78. The predicted molar refractivity (Wildman–Crippen MR) is 90.3 cm³/mol. The first-order valence-electron chi connectivity index (χ1n) is 8.11. The molecule has 1 amide bonds. The summed E-state index contributed by atoms with van der Waals surface area (Å²) in [5, 5.41) is 0. The highest BCUT2D eigenvalue weighted by Gasteiger charge is 2.35. The Morgan fingerprint density at radius 1 is 1.32 bits per heavy atom. The standard InChI is InChI=1S/C17H22FNO5S/c1-12(2)9-19(13-7-8-25(22,23)11-13)16(20)10-24-17(21)14-5-3-4-6-15(14)18/h3-6,12-13H,7-11H2,1-2H3. The number of carbonyl (C=O) groups excluding carboxylic acids is 2. The van der Waals surface area contributed by atoms with Crippen molar-refractivity contribution in [3.05, 3.63) is 35.6 Å². The van der Waals surface area contributed by atoms with Gasteiger partial charge >= 0.3 is 5.97 Å². The van der Waals surface area contributed by atoms with E-state index in [1.807, 2.05) is 13.8 Å². The Morgan fingerprint density at radius 3 is 2.56 bits per heavy atom. The minimum atomic E-state index is -3.14. The molecule has 0 saturated carbocycles. The van der Waals surface area contributed by atoms with Crippen LogP contribution in [0.3, 0.4) is 0 Å². The Labute approximate surface area is 146 Å². The molecule has 1 aliphatic rings. The summed E-state index contributed by atoms with van der Waals surface area (Å²) in [6, 6.07) is 4.94. The number of sulfone groups is 1. The number of halogens is 1. The third kappa shape index (κ3) is 5.26. The number of esters is 1. The van der Waals surface area contributed by atoms with Crippen molar-refractivity contribution in [1.82, 2.24) is 4.90 Å². The molecule has 2 rings (SSSR count). The number of benzene rings is 1. The summed E-state index contributed by atoms with van der Waals surface area (Å²) >= 11 is 0. The van der Waals surface area contributed by atoms with Gasteiger partial charge in [0.05, 0.1) is 17.1 Å². The van der Waals surface area contributed by atoms with Crippen molar-refractivity contribution < 1.29 is 27.1 Å². The van der Waals surface area contributed by atoms with Gasteiger partial charge in [-0.15, -0.1) is 0 Å². The fraction of sp³-hybridized carbons (Fsp3) is 0.529. The van der Waals surface area contributed by atoms with Gasteiger partial charge in [-0.05, 0) is 24.5 Å². The van der Waals surface area contributed by atoms with Crippen LogP contribution >= 0.6 is 0 Å². The molecule has 1 atom stereocenters. The van der Waals surface area contributed by atoms with Gasteiger partial charge in [0.1, 0.15) is 5.82 Å². The normalized spacial score (nSPS) is 19.0. The van der Waals surface area contributed by atoms with Gasteiger partial charge in [0.15, 0.2) is 16.4 Å². The number of amides is 1. The van der Waals surface area contributed by atoms with Crippen LogP contribution in [0.1, 0.15) is 30.6 Å². The number of rotatable bonds is 6. The van der Waals surface area contributed by atoms with Crippen molar-refractivity contribution in [2.24, 2.45) is 5.92 Å². The first-order chi connectivity index (χ1) is 11.7. The lowest BCUT2D eigenvalue weighted by Gasteiger charge is -2.29. The maximum absolute atomic E-state index is 13.6. The second kappa shape index (κ2) is 7.95. The largest absolute Gasteiger partial charge is 0.452 e. The van der Waals surface area contributed by atoms with Gasteiger partial charge in [-0.3, -0.25) is 4.79 Å². The molecule has 0 aliphatic carbocycles. The van der Waals surface area contributed by atoms with E-state index in [-0.39, 0.29) is 23.0 Å². The van der Waals surface area contributed by atoms with Crippen LogP contribution in [0.5, 0.6) is 0 Å². The van der Waals surface area contributed by atoms with Crippen LogP contribution in [0, 0.1) is 11.7 Å².